The van der Waals surface area contributed by atoms with Crippen molar-refractivity contribution in [2.45, 2.75) is 19.3 Å². The lowest BCUT2D eigenvalue weighted by atomic mass is 10.1. The fraction of sp³-hybridized carbons (Fsp3) is 0.250. The molecular weight excluding hydrogens is 362 g/mol. The zero-order valence-corrected chi connectivity index (χ0v) is 15.5. The standard InChI is InChI=1S/C20H19N3O3S/c24-18(13-23-11-5-4-8-19(23)25)22-20-21-16-10-9-15(12-17(16)27-20)26-14-6-2-1-3-7-14/h1-3,6-7,9-10,12H,4-5,8,11,13H2,(H,21,22,24). The Hall–Kier alpha value is -2.93. The highest BCUT2D eigenvalue weighted by Crippen LogP contribution is 2.31. The smallest absolute Gasteiger partial charge is 0.245 e. The molecule has 4 rings (SSSR count). The van der Waals surface area contributed by atoms with Crippen LogP contribution in [0, 0.1) is 0 Å². The van der Waals surface area contributed by atoms with Crippen molar-refractivity contribution in [2.75, 3.05) is 18.4 Å². The Morgan fingerprint density at radius 3 is 2.81 bits per heavy atom. The van der Waals surface area contributed by atoms with E-state index in [9.17, 15) is 9.59 Å². The summed E-state index contributed by atoms with van der Waals surface area (Å²) in [6, 6.07) is 15.2. The average molecular weight is 381 g/mol. The van der Waals surface area contributed by atoms with Gasteiger partial charge in [0.1, 0.15) is 11.5 Å². The number of aromatic nitrogens is 1. The van der Waals surface area contributed by atoms with Crippen molar-refractivity contribution in [3.05, 3.63) is 48.5 Å². The van der Waals surface area contributed by atoms with Crippen molar-refractivity contribution in [1.82, 2.24) is 9.88 Å². The summed E-state index contributed by atoms with van der Waals surface area (Å²) in [5, 5.41) is 3.33. The largest absolute Gasteiger partial charge is 0.457 e. The number of fused-ring (bicyclic) bond motifs is 1. The summed E-state index contributed by atoms with van der Waals surface area (Å²) in [5.74, 6) is 1.31. The first-order chi connectivity index (χ1) is 13.2. The summed E-state index contributed by atoms with van der Waals surface area (Å²) in [4.78, 5) is 30.1. The lowest BCUT2D eigenvalue weighted by Crippen LogP contribution is -2.40. The average Bonchev–Trinajstić information content (AvgIpc) is 3.06. The van der Waals surface area contributed by atoms with E-state index in [4.69, 9.17) is 4.74 Å². The van der Waals surface area contributed by atoms with Gasteiger partial charge in [-0.15, -0.1) is 0 Å². The summed E-state index contributed by atoms with van der Waals surface area (Å²) >= 11 is 1.39. The van der Waals surface area contributed by atoms with Crippen LogP contribution in [-0.2, 0) is 9.59 Å². The Balaban J connectivity index is 1.43. The third kappa shape index (κ3) is 4.25. The summed E-state index contributed by atoms with van der Waals surface area (Å²) in [6.07, 6.45) is 2.38. The predicted molar refractivity (Wildman–Crippen MR) is 105 cm³/mol. The van der Waals surface area contributed by atoms with Crippen LogP contribution >= 0.6 is 11.3 Å². The van der Waals surface area contributed by atoms with Crippen LogP contribution in [-0.4, -0.2) is 34.8 Å². The van der Waals surface area contributed by atoms with E-state index < -0.39 is 0 Å². The van der Waals surface area contributed by atoms with E-state index in [2.05, 4.69) is 10.3 Å². The molecule has 0 saturated carbocycles. The molecule has 7 heteroatoms. The maximum Gasteiger partial charge on any atom is 0.245 e. The zero-order chi connectivity index (χ0) is 18.6. The number of carbonyl (C=O) groups is 2. The van der Waals surface area contributed by atoms with Gasteiger partial charge in [-0.3, -0.25) is 9.59 Å². The third-order valence-corrected chi connectivity index (χ3v) is 5.27. The van der Waals surface area contributed by atoms with Gasteiger partial charge in [-0.05, 0) is 37.1 Å². The molecule has 0 atom stereocenters. The van der Waals surface area contributed by atoms with Crippen molar-refractivity contribution in [3.63, 3.8) is 0 Å². The number of amides is 2. The molecule has 138 valence electrons. The molecule has 3 aromatic rings. The van der Waals surface area contributed by atoms with E-state index in [1.807, 2.05) is 48.5 Å². The number of ether oxygens (including phenoxy) is 1. The number of benzene rings is 2. The topological polar surface area (TPSA) is 71.5 Å². The number of nitrogens with zero attached hydrogens (tertiary/aromatic N) is 2. The van der Waals surface area contributed by atoms with Crippen molar-refractivity contribution in [1.29, 1.82) is 0 Å². The molecule has 1 aromatic heterocycles. The molecule has 27 heavy (non-hydrogen) atoms. The molecule has 2 aromatic carbocycles. The van der Waals surface area contributed by atoms with E-state index in [0.717, 1.165) is 28.8 Å². The lowest BCUT2D eigenvalue weighted by molar-refractivity contribution is -0.136. The highest BCUT2D eigenvalue weighted by molar-refractivity contribution is 7.22. The summed E-state index contributed by atoms with van der Waals surface area (Å²) < 4.78 is 6.76. The number of likely N-dealkylation sites (tertiary alicyclic amines) is 1. The van der Waals surface area contributed by atoms with Crippen LogP contribution in [0.1, 0.15) is 19.3 Å². The van der Waals surface area contributed by atoms with Gasteiger partial charge in [0.25, 0.3) is 0 Å². The molecule has 1 aliphatic rings. The molecule has 0 bridgehead atoms. The monoisotopic (exact) mass is 381 g/mol. The Kier molecular flexibility index (Phi) is 5.02. The van der Waals surface area contributed by atoms with Crippen molar-refractivity contribution in [3.8, 4) is 11.5 Å². The van der Waals surface area contributed by atoms with Crippen LogP contribution < -0.4 is 10.1 Å². The van der Waals surface area contributed by atoms with E-state index in [1.54, 1.807) is 4.90 Å². The Bertz CT molecular complexity index is 971. The molecule has 0 radical (unpaired) electrons. The van der Waals surface area contributed by atoms with Crippen molar-refractivity contribution >= 4 is 38.5 Å². The van der Waals surface area contributed by atoms with E-state index in [-0.39, 0.29) is 18.4 Å². The Morgan fingerprint density at radius 2 is 2.00 bits per heavy atom. The fourth-order valence-electron chi connectivity index (χ4n) is 3.01. The van der Waals surface area contributed by atoms with Gasteiger partial charge in [-0.2, -0.15) is 0 Å². The summed E-state index contributed by atoms with van der Waals surface area (Å²) in [6.45, 7) is 0.726. The molecule has 0 spiro atoms. The first-order valence-corrected chi connectivity index (χ1v) is 9.70. The number of carbonyl (C=O) groups excluding carboxylic acids is 2. The minimum atomic E-state index is -0.218. The van der Waals surface area contributed by atoms with E-state index >= 15 is 0 Å². The second-order valence-corrected chi connectivity index (χ2v) is 7.41. The lowest BCUT2D eigenvalue weighted by Gasteiger charge is -2.25. The first-order valence-electron chi connectivity index (χ1n) is 8.88. The van der Waals surface area contributed by atoms with Crippen LogP contribution in [0.4, 0.5) is 5.13 Å². The second-order valence-electron chi connectivity index (χ2n) is 6.38. The van der Waals surface area contributed by atoms with Crippen LogP contribution in [0.15, 0.2) is 48.5 Å². The number of thiazole rings is 1. The second kappa shape index (κ2) is 7.75. The van der Waals surface area contributed by atoms with Crippen molar-refractivity contribution in [2.24, 2.45) is 0 Å². The number of rotatable bonds is 5. The molecule has 1 saturated heterocycles. The molecule has 2 heterocycles. The maximum absolute atomic E-state index is 12.2. The molecule has 2 amide bonds. The van der Waals surface area contributed by atoms with Crippen LogP contribution in [0.3, 0.4) is 0 Å². The fourth-order valence-corrected chi connectivity index (χ4v) is 3.92. The molecule has 0 unspecified atom stereocenters. The van der Waals surface area contributed by atoms with Gasteiger partial charge in [0.2, 0.25) is 11.8 Å². The number of piperidine rings is 1. The van der Waals surface area contributed by atoms with Crippen LogP contribution in [0.5, 0.6) is 11.5 Å². The number of hydrogen-bond donors (Lipinski definition) is 1. The van der Waals surface area contributed by atoms with Gasteiger partial charge < -0.3 is 15.0 Å². The Labute approximate surface area is 160 Å². The number of anilines is 1. The molecule has 1 aliphatic heterocycles. The van der Waals surface area contributed by atoms with Crippen LogP contribution in [0.25, 0.3) is 10.2 Å². The highest BCUT2D eigenvalue weighted by atomic mass is 32.1. The van der Waals surface area contributed by atoms with E-state index in [0.29, 0.717) is 23.8 Å². The van der Waals surface area contributed by atoms with Gasteiger partial charge in [0, 0.05) is 19.0 Å². The molecule has 1 fully saturated rings. The molecule has 6 nitrogen and oxygen atoms in total. The first kappa shape index (κ1) is 17.5. The molecular formula is C20H19N3O3S. The SMILES string of the molecule is O=C(CN1CCCCC1=O)Nc1nc2ccc(Oc3ccccc3)cc2s1. The quantitative estimate of drug-likeness (QED) is 0.724. The zero-order valence-electron chi connectivity index (χ0n) is 14.7. The third-order valence-electron chi connectivity index (χ3n) is 4.34. The van der Waals surface area contributed by atoms with Gasteiger partial charge in [-0.25, -0.2) is 4.98 Å². The maximum atomic E-state index is 12.2. The minimum Gasteiger partial charge on any atom is -0.457 e. The van der Waals surface area contributed by atoms with E-state index in [1.165, 1.54) is 11.3 Å². The number of nitrogens with one attached hydrogen (secondary N) is 1. The Morgan fingerprint density at radius 1 is 1.15 bits per heavy atom. The number of para-hydroxylation sites is 1. The van der Waals surface area contributed by atoms with Gasteiger partial charge >= 0.3 is 0 Å². The molecule has 1 N–H and O–H groups in total. The number of hydrogen-bond acceptors (Lipinski definition) is 5. The normalized spacial score (nSPS) is 14.4. The summed E-state index contributed by atoms with van der Waals surface area (Å²) in [5.41, 5.74) is 0.796. The van der Waals surface area contributed by atoms with Crippen LogP contribution in [0.2, 0.25) is 0 Å². The van der Waals surface area contributed by atoms with Gasteiger partial charge in [0.05, 0.1) is 16.8 Å². The molecule has 0 aliphatic carbocycles. The van der Waals surface area contributed by atoms with Crippen molar-refractivity contribution < 1.29 is 14.3 Å². The minimum absolute atomic E-state index is 0.0448. The summed E-state index contributed by atoms with van der Waals surface area (Å²) in [7, 11) is 0. The van der Waals surface area contributed by atoms with Gasteiger partial charge in [-0.1, -0.05) is 29.5 Å². The van der Waals surface area contributed by atoms with Gasteiger partial charge in [0.15, 0.2) is 5.13 Å². The predicted octanol–water partition coefficient (Wildman–Crippen LogP) is 4.04. The highest BCUT2D eigenvalue weighted by Gasteiger charge is 2.21.